The molecule has 0 amide bonds. The van der Waals surface area contributed by atoms with E-state index in [1.54, 1.807) is 0 Å². The predicted octanol–water partition coefficient (Wildman–Crippen LogP) is 6.52. The van der Waals surface area contributed by atoms with Gasteiger partial charge in [-0.05, 0) is 42.7 Å². The molecule has 25 heavy (non-hydrogen) atoms. The SMILES string of the molecule is CCC(C)(O)c1cc(Cl)ccc1-c1cccc2c1oc1ccccc12. The maximum absolute atomic E-state index is 10.9. The lowest BCUT2D eigenvalue weighted by Gasteiger charge is -2.25. The second-order valence-corrected chi connectivity index (χ2v) is 7.03. The average Bonchev–Trinajstić information content (AvgIpc) is 3.00. The molecule has 3 aromatic carbocycles. The van der Waals surface area contributed by atoms with E-state index in [2.05, 4.69) is 12.1 Å². The van der Waals surface area contributed by atoms with E-state index >= 15 is 0 Å². The van der Waals surface area contributed by atoms with Crippen LogP contribution in [0.4, 0.5) is 0 Å². The summed E-state index contributed by atoms with van der Waals surface area (Å²) in [6, 6.07) is 19.8. The van der Waals surface area contributed by atoms with E-state index in [-0.39, 0.29) is 0 Å². The zero-order valence-electron chi connectivity index (χ0n) is 14.2. The Labute approximate surface area is 151 Å². The van der Waals surface area contributed by atoms with Gasteiger partial charge in [0.25, 0.3) is 0 Å². The van der Waals surface area contributed by atoms with Gasteiger partial charge in [0.1, 0.15) is 11.2 Å². The number of benzene rings is 3. The van der Waals surface area contributed by atoms with E-state index in [0.29, 0.717) is 11.4 Å². The van der Waals surface area contributed by atoms with Crippen LogP contribution in [-0.2, 0) is 5.60 Å². The lowest BCUT2D eigenvalue weighted by molar-refractivity contribution is 0.0537. The van der Waals surface area contributed by atoms with Gasteiger partial charge in [0, 0.05) is 21.4 Å². The third kappa shape index (κ3) is 2.62. The maximum Gasteiger partial charge on any atom is 0.143 e. The number of rotatable bonds is 3. The van der Waals surface area contributed by atoms with Crippen molar-refractivity contribution in [3.05, 3.63) is 71.2 Å². The van der Waals surface area contributed by atoms with Crippen LogP contribution in [0.3, 0.4) is 0 Å². The van der Waals surface area contributed by atoms with Crippen molar-refractivity contribution < 1.29 is 9.52 Å². The van der Waals surface area contributed by atoms with Crippen LogP contribution in [0.5, 0.6) is 0 Å². The molecule has 4 aromatic rings. The first-order chi connectivity index (χ1) is 12.0. The third-order valence-corrected chi connectivity index (χ3v) is 5.18. The smallest absolute Gasteiger partial charge is 0.143 e. The van der Waals surface area contributed by atoms with Gasteiger partial charge >= 0.3 is 0 Å². The van der Waals surface area contributed by atoms with Gasteiger partial charge in [-0.15, -0.1) is 0 Å². The van der Waals surface area contributed by atoms with Crippen LogP contribution in [0.1, 0.15) is 25.8 Å². The lowest BCUT2D eigenvalue weighted by Crippen LogP contribution is -2.20. The van der Waals surface area contributed by atoms with E-state index < -0.39 is 5.60 Å². The first-order valence-electron chi connectivity index (χ1n) is 8.44. The van der Waals surface area contributed by atoms with Crippen LogP contribution >= 0.6 is 11.6 Å². The molecule has 1 heterocycles. The van der Waals surface area contributed by atoms with Crippen molar-refractivity contribution in [1.82, 2.24) is 0 Å². The Bertz CT molecular complexity index is 1080. The molecule has 2 nitrogen and oxygen atoms in total. The minimum Gasteiger partial charge on any atom is -0.455 e. The highest BCUT2D eigenvalue weighted by molar-refractivity contribution is 6.30. The highest BCUT2D eigenvalue weighted by Gasteiger charge is 2.26. The normalized spacial score (nSPS) is 14.1. The van der Waals surface area contributed by atoms with Crippen molar-refractivity contribution in [2.24, 2.45) is 0 Å². The van der Waals surface area contributed by atoms with Crippen LogP contribution in [0.25, 0.3) is 33.1 Å². The molecule has 1 atom stereocenters. The van der Waals surface area contributed by atoms with Crippen LogP contribution in [0, 0.1) is 0 Å². The lowest BCUT2D eigenvalue weighted by atomic mass is 9.86. The number of furan rings is 1. The summed E-state index contributed by atoms with van der Waals surface area (Å²) in [5, 5.41) is 13.7. The number of aliphatic hydroxyl groups is 1. The zero-order valence-corrected chi connectivity index (χ0v) is 15.0. The molecule has 0 bridgehead atoms. The van der Waals surface area contributed by atoms with E-state index in [1.807, 2.05) is 62.4 Å². The third-order valence-electron chi connectivity index (χ3n) is 4.94. The molecule has 1 unspecified atom stereocenters. The minimum absolute atomic E-state index is 0.594. The van der Waals surface area contributed by atoms with E-state index in [9.17, 15) is 5.11 Å². The molecule has 0 aliphatic carbocycles. The van der Waals surface area contributed by atoms with Gasteiger partial charge in [0.2, 0.25) is 0 Å². The molecule has 1 aromatic heterocycles. The summed E-state index contributed by atoms with van der Waals surface area (Å²) in [4.78, 5) is 0. The Morgan fingerprint density at radius 1 is 0.960 bits per heavy atom. The second kappa shape index (κ2) is 5.91. The summed E-state index contributed by atoms with van der Waals surface area (Å²) in [7, 11) is 0. The van der Waals surface area contributed by atoms with Crippen LogP contribution in [-0.4, -0.2) is 5.11 Å². The summed E-state index contributed by atoms with van der Waals surface area (Å²) < 4.78 is 6.15. The van der Waals surface area contributed by atoms with Crippen molar-refractivity contribution in [2.75, 3.05) is 0 Å². The summed E-state index contributed by atoms with van der Waals surface area (Å²) in [5.74, 6) is 0. The minimum atomic E-state index is -0.964. The van der Waals surface area contributed by atoms with Gasteiger partial charge < -0.3 is 9.52 Å². The van der Waals surface area contributed by atoms with Gasteiger partial charge in [-0.2, -0.15) is 0 Å². The molecule has 0 radical (unpaired) electrons. The molecule has 0 saturated carbocycles. The van der Waals surface area contributed by atoms with Crippen LogP contribution in [0.15, 0.2) is 65.1 Å². The standard InChI is InChI=1S/C22H19ClO2/c1-3-22(2,24)19-13-14(23)11-12-15(19)17-8-6-9-18-16-7-4-5-10-20(16)25-21(17)18/h4-13,24H,3H2,1-2H3. The van der Waals surface area contributed by atoms with Crippen molar-refractivity contribution in [3.63, 3.8) is 0 Å². The second-order valence-electron chi connectivity index (χ2n) is 6.60. The molecule has 3 heteroatoms. The van der Waals surface area contributed by atoms with Gasteiger partial charge in [-0.1, -0.05) is 61.0 Å². The molecule has 4 rings (SSSR count). The highest BCUT2D eigenvalue weighted by atomic mass is 35.5. The summed E-state index contributed by atoms with van der Waals surface area (Å²) in [6.07, 6.45) is 0.594. The fourth-order valence-corrected chi connectivity index (χ4v) is 3.52. The van der Waals surface area contributed by atoms with E-state index in [4.69, 9.17) is 16.0 Å². The van der Waals surface area contributed by atoms with E-state index in [0.717, 1.165) is 38.6 Å². The average molecular weight is 351 g/mol. The maximum atomic E-state index is 10.9. The first kappa shape index (κ1) is 16.2. The molecule has 0 saturated heterocycles. The van der Waals surface area contributed by atoms with Crippen molar-refractivity contribution in [3.8, 4) is 11.1 Å². The molecule has 0 aliphatic heterocycles. The molecule has 0 fully saturated rings. The number of para-hydroxylation sites is 2. The summed E-state index contributed by atoms with van der Waals surface area (Å²) >= 11 is 6.22. The van der Waals surface area contributed by atoms with Crippen molar-refractivity contribution >= 4 is 33.5 Å². The molecule has 1 N–H and O–H groups in total. The van der Waals surface area contributed by atoms with Crippen molar-refractivity contribution in [2.45, 2.75) is 25.9 Å². The van der Waals surface area contributed by atoms with Gasteiger partial charge in [-0.25, -0.2) is 0 Å². The fourth-order valence-electron chi connectivity index (χ4n) is 3.35. The number of hydrogen-bond donors (Lipinski definition) is 1. The summed E-state index contributed by atoms with van der Waals surface area (Å²) in [5.41, 5.74) is 3.46. The molecule has 0 spiro atoms. The quantitative estimate of drug-likeness (QED) is 0.456. The highest BCUT2D eigenvalue weighted by Crippen LogP contribution is 2.40. The Morgan fingerprint density at radius 2 is 1.72 bits per heavy atom. The Morgan fingerprint density at radius 3 is 2.52 bits per heavy atom. The number of halogens is 1. The van der Waals surface area contributed by atoms with Crippen LogP contribution in [0.2, 0.25) is 5.02 Å². The largest absolute Gasteiger partial charge is 0.455 e. The molecular formula is C22H19ClO2. The number of hydrogen-bond acceptors (Lipinski definition) is 2. The van der Waals surface area contributed by atoms with Crippen LogP contribution < -0.4 is 0 Å². The molecule has 126 valence electrons. The van der Waals surface area contributed by atoms with E-state index in [1.165, 1.54) is 0 Å². The summed E-state index contributed by atoms with van der Waals surface area (Å²) in [6.45, 7) is 3.79. The van der Waals surface area contributed by atoms with Gasteiger partial charge in [0.15, 0.2) is 0 Å². The van der Waals surface area contributed by atoms with Gasteiger partial charge in [-0.3, -0.25) is 0 Å². The number of fused-ring (bicyclic) bond motifs is 3. The Kier molecular flexibility index (Phi) is 3.82. The fraction of sp³-hybridized carbons (Fsp3) is 0.182. The monoisotopic (exact) mass is 350 g/mol. The zero-order chi connectivity index (χ0) is 17.6. The molecule has 0 aliphatic rings. The predicted molar refractivity (Wildman–Crippen MR) is 104 cm³/mol. The topological polar surface area (TPSA) is 33.4 Å². The van der Waals surface area contributed by atoms with Gasteiger partial charge in [0.05, 0.1) is 5.60 Å². The molecular weight excluding hydrogens is 332 g/mol. The van der Waals surface area contributed by atoms with Crippen molar-refractivity contribution in [1.29, 1.82) is 0 Å². The Hall–Kier alpha value is -2.29. The first-order valence-corrected chi connectivity index (χ1v) is 8.82. The Balaban J connectivity index is 2.06.